The van der Waals surface area contributed by atoms with E-state index in [2.05, 4.69) is 20.7 Å². The Morgan fingerprint density at radius 1 is 1.25 bits per heavy atom. The Labute approximate surface area is 165 Å². The molecule has 0 radical (unpaired) electrons. The highest BCUT2D eigenvalue weighted by atomic mass is 35.5. The van der Waals surface area contributed by atoms with Gasteiger partial charge in [0.2, 0.25) is 0 Å². The molecule has 0 saturated carbocycles. The van der Waals surface area contributed by atoms with Crippen LogP contribution in [0.2, 0.25) is 5.02 Å². The van der Waals surface area contributed by atoms with Crippen molar-refractivity contribution in [1.29, 1.82) is 0 Å². The first-order valence-corrected chi connectivity index (χ1v) is 9.07. The molecule has 2 atom stereocenters. The van der Waals surface area contributed by atoms with Crippen LogP contribution >= 0.6 is 11.6 Å². The molecule has 0 aliphatic rings. The van der Waals surface area contributed by atoms with Gasteiger partial charge in [0.05, 0.1) is 17.7 Å². The van der Waals surface area contributed by atoms with E-state index in [1.807, 2.05) is 30.3 Å². The molecular formula is C19H19ClN4O4. The number of aliphatic hydroxyl groups is 1. The smallest absolute Gasteiger partial charge is 0.337 e. The zero-order valence-corrected chi connectivity index (χ0v) is 15.8. The molecule has 0 aliphatic carbocycles. The third kappa shape index (κ3) is 4.47. The first-order chi connectivity index (χ1) is 13.5. The molecule has 0 spiro atoms. The van der Waals surface area contributed by atoms with Crippen LogP contribution in [0.15, 0.2) is 42.5 Å². The van der Waals surface area contributed by atoms with Crippen LogP contribution in [0.4, 0.5) is 0 Å². The molecule has 8 nitrogen and oxygen atoms in total. The minimum absolute atomic E-state index is 0.125. The number of ether oxygens (including phenoxy) is 1. The van der Waals surface area contributed by atoms with E-state index in [4.69, 9.17) is 16.3 Å². The van der Waals surface area contributed by atoms with Crippen molar-refractivity contribution in [2.75, 3.05) is 6.61 Å². The maximum Gasteiger partial charge on any atom is 0.337 e. The number of hydrogen-bond acceptors (Lipinski definition) is 6. The molecule has 0 unspecified atom stereocenters. The Balaban J connectivity index is 1.84. The fourth-order valence-electron chi connectivity index (χ4n) is 2.79. The standard InChI is InChI=1S/C19H19ClN4O4/c1-2-28-19(27)17(25)15(8-11-6-4-3-5-7-11)21-18(26)12-9-13(20)16-14(10-12)22-24-23-16/h3-7,9-10,15,17,25H,2,8H2,1H3,(H,21,26)(H,22,23,24)/t15-,17-/m1/s1. The van der Waals surface area contributed by atoms with Gasteiger partial charge in [-0.15, -0.1) is 0 Å². The minimum atomic E-state index is -1.52. The summed E-state index contributed by atoms with van der Waals surface area (Å²) in [5, 5.41) is 23.7. The number of fused-ring (bicyclic) bond motifs is 1. The number of aromatic amines is 1. The molecule has 3 aromatic rings. The summed E-state index contributed by atoms with van der Waals surface area (Å²) in [6.45, 7) is 1.77. The second-order valence-corrected chi connectivity index (χ2v) is 6.52. The molecule has 146 valence electrons. The van der Waals surface area contributed by atoms with E-state index in [1.54, 1.807) is 6.92 Å². The van der Waals surface area contributed by atoms with Crippen LogP contribution in [0.3, 0.4) is 0 Å². The molecule has 0 saturated heterocycles. The third-order valence-corrected chi connectivity index (χ3v) is 4.45. The monoisotopic (exact) mass is 402 g/mol. The van der Waals surface area contributed by atoms with Crippen LogP contribution in [0.1, 0.15) is 22.8 Å². The number of amides is 1. The summed E-state index contributed by atoms with van der Waals surface area (Å²) >= 11 is 6.14. The summed E-state index contributed by atoms with van der Waals surface area (Å²) in [6, 6.07) is 11.3. The molecule has 9 heteroatoms. The van der Waals surface area contributed by atoms with Gasteiger partial charge >= 0.3 is 5.97 Å². The molecule has 0 fully saturated rings. The fraction of sp³-hybridized carbons (Fsp3) is 0.263. The maximum absolute atomic E-state index is 12.8. The lowest BCUT2D eigenvalue weighted by molar-refractivity contribution is -0.154. The number of aromatic nitrogens is 3. The SMILES string of the molecule is CCOC(=O)[C@H](O)[C@@H](Cc1ccccc1)NC(=O)c1cc(Cl)c2n[nH]nc2c1. The normalized spacial score (nSPS) is 13.1. The van der Waals surface area contributed by atoms with Crippen molar-refractivity contribution in [2.24, 2.45) is 0 Å². The summed E-state index contributed by atoms with van der Waals surface area (Å²) in [5.41, 5.74) is 1.97. The van der Waals surface area contributed by atoms with Gasteiger partial charge in [0.15, 0.2) is 6.10 Å². The molecule has 1 heterocycles. The molecular weight excluding hydrogens is 384 g/mol. The molecule has 0 bridgehead atoms. The Hall–Kier alpha value is -2.97. The Morgan fingerprint density at radius 3 is 2.71 bits per heavy atom. The lowest BCUT2D eigenvalue weighted by atomic mass is 10.0. The number of carbonyl (C=O) groups is 2. The average Bonchev–Trinajstić information content (AvgIpc) is 3.17. The zero-order valence-electron chi connectivity index (χ0n) is 15.1. The molecule has 2 aromatic carbocycles. The summed E-state index contributed by atoms with van der Waals surface area (Å²) in [7, 11) is 0. The van der Waals surface area contributed by atoms with E-state index < -0.39 is 24.0 Å². The molecule has 1 amide bonds. The molecule has 3 rings (SSSR count). The first-order valence-electron chi connectivity index (χ1n) is 8.69. The number of rotatable bonds is 7. The van der Waals surface area contributed by atoms with E-state index in [0.29, 0.717) is 11.0 Å². The Kier molecular flexibility index (Phi) is 6.23. The number of nitrogens with one attached hydrogen (secondary N) is 2. The van der Waals surface area contributed by atoms with Crippen LogP contribution in [-0.2, 0) is 16.0 Å². The van der Waals surface area contributed by atoms with E-state index in [0.717, 1.165) is 5.56 Å². The Bertz CT molecular complexity index is 976. The van der Waals surface area contributed by atoms with Crippen molar-refractivity contribution in [3.05, 3.63) is 58.6 Å². The van der Waals surface area contributed by atoms with Crippen LogP contribution in [0, 0.1) is 0 Å². The van der Waals surface area contributed by atoms with Gasteiger partial charge in [-0.25, -0.2) is 4.79 Å². The quantitative estimate of drug-likeness (QED) is 0.519. The van der Waals surface area contributed by atoms with Crippen molar-refractivity contribution < 1.29 is 19.4 Å². The largest absolute Gasteiger partial charge is 0.464 e. The van der Waals surface area contributed by atoms with E-state index in [9.17, 15) is 14.7 Å². The molecule has 0 aliphatic heterocycles. The van der Waals surface area contributed by atoms with E-state index in [1.165, 1.54) is 12.1 Å². The van der Waals surface area contributed by atoms with Crippen molar-refractivity contribution in [3.63, 3.8) is 0 Å². The maximum atomic E-state index is 12.8. The number of esters is 1. The van der Waals surface area contributed by atoms with Crippen molar-refractivity contribution >= 4 is 34.5 Å². The van der Waals surface area contributed by atoms with Gasteiger partial charge in [0.1, 0.15) is 11.0 Å². The topological polar surface area (TPSA) is 117 Å². The number of H-pyrrole nitrogens is 1. The highest BCUT2D eigenvalue weighted by molar-refractivity contribution is 6.35. The first kappa shape index (κ1) is 19.8. The van der Waals surface area contributed by atoms with Crippen LogP contribution in [0.5, 0.6) is 0 Å². The predicted molar refractivity (Wildman–Crippen MR) is 103 cm³/mol. The highest BCUT2D eigenvalue weighted by Gasteiger charge is 2.29. The number of hydrogen-bond donors (Lipinski definition) is 3. The van der Waals surface area contributed by atoms with Gasteiger partial charge in [-0.3, -0.25) is 4.79 Å². The summed E-state index contributed by atoms with van der Waals surface area (Å²) in [6.07, 6.45) is -1.28. The van der Waals surface area contributed by atoms with Gasteiger partial charge in [0.25, 0.3) is 5.91 Å². The van der Waals surface area contributed by atoms with Gasteiger partial charge in [-0.1, -0.05) is 41.9 Å². The van der Waals surface area contributed by atoms with Gasteiger partial charge in [0, 0.05) is 5.56 Å². The Morgan fingerprint density at radius 2 is 2.00 bits per heavy atom. The average molecular weight is 403 g/mol. The number of carbonyl (C=O) groups excluding carboxylic acids is 2. The van der Waals surface area contributed by atoms with Crippen molar-refractivity contribution in [1.82, 2.24) is 20.7 Å². The van der Waals surface area contributed by atoms with Crippen LogP contribution in [0.25, 0.3) is 11.0 Å². The summed E-state index contributed by atoms with van der Waals surface area (Å²) in [4.78, 5) is 24.8. The lowest BCUT2D eigenvalue weighted by Gasteiger charge is -2.23. The minimum Gasteiger partial charge on any atom is -0.464 e. The predicted octanol–water partition coefficient (Wildman–Crippen LogP) is 1.88. The molecule has 28 heavy (non-hydrogen) atoms. The highest BCUT2D eigenvalue weighted by Crippen LogP contribution is 2.22. The second kappa shape index (κ2) is 8.81. The number of aliphatic hydroxyl groups excluding tert-OH is 1. The summed E-state index contributed by atoms with van der Waals surface area (Å²) < 4.78 is 4.89. The molecule has 1 aromatic heterocycles. The second-order valence-electron chi connectivity index (χ2n) is 6.12. The van der Waals surface area contributed by atoms with E-state index >= 15 is 0 Å². The lowest BCUT2D eigenvalue weighted by Crippen LogP contribution is -2.48. The van der Waals surface area contributed by atoms with Gasteiger partial charge in [-0.2, -0.15) is 15.4 Å². The van der Waals surface area contributed by atoms with Gasteiger partial charge in [-0.05, 0) is 31.0 Å². The van der Waals surface area contributed by atoms with Gasteiger partial charge < -0.3 is 15.2 Å². The fourth-order valence-corrected chi connectivity index (χ4v) is 3.05. The number of nitrogens with zero attached hydrogens (tertiary/aromatic N) is 2. The van der Waals surface area contributed by atoms with Crippen LogP contribution in [-0.4, -0.2) is 51.1 Å². The summed E-state index contributed by atoms with van der Waals surface area (Å²) in [5.74, 6) is -1.30. The van der Waals surface area contributed by atoms with Crippen molar-refractivity contribution in [3.8, 4) is 0 Å². The van der Waals surface area contributed by atoms with Crippen LogP contribution < -0.4 is 5.32 Å². The van der Waals surface area contributed by atoms with E-state index in [-0.39, 0.29) is 23.6 Å². The zero-order chi connectivity index (χ0) is 20.1. The van der Waals surface area contributed by atoms with Crippen molar-refractivity contribution in [2.45, 2.75) is 25.5 Å². The third-order valence-electron chi connectivity index (χ3n) is 4.16. The number of halogens is 1. The molecule has 3 N–H and O–H groups in total. The number of benzene rings is 2.